The molecule has 0 saturated heterocycles. The number of benzene rings is 2. The number of ether oxygens (including phenoxy) is 1. The van der Waals surface area contributed by atoms with Gasteiger partial charge in [0.1, 0.15) is 6.61 Å². The van der Waals surface area contributed by atoms with E-state index in [2.05, 4.69) is 17.3 Å². The average molecular weight is 466 g/mol. The summed E-state index contributed by atoms with van der Waals surface area (Å²) in [5.41, 5.74) is 3.24. The number of aliphatic carboxylic acids is 1. The van der Waals surface area contributed by atoms with E-state index in [1.807, 2.05) is 54.6 Å². The molecule has 0 saturated carbocycles. The Morgan fingerprint density at radius 3 is 2.58 bits per heavy atom. The monoisotopic (exact) mass is 465 g/mol. The maximum absolute atomic E-state index is 12.3. The van der Waals surface area contributed by atoms with Crippen molar-refractivity contribution >= 4 is 29.5 Å². The van der Waals surface area contributed by atoms with E-state index in [1.165, 1.54) is 5.01 Å². The smallest absolute Gasteiger partial charge is 0.358 e. The Kier molecular flexibility index (Phi) is 8.72. The van der Waals surface area contributed by atoms with Gasteiger partial charge in [-0.3, -0.25) is 0 Å². The average Bonchev–Trinajstić information content (AvgIpc) is 2.81. The Bertz CT molecular complexity index is 1070. The molecule has 172 valence electrons. The maximum Gasteiger partial charge on any atom is 0.358 e. The summed E-state index contributed by atoms with van der Waals surface area (Å²) in [4.78, 5) is 12.3. The quantitative estimate of drug-likeness (QED) is 0.409. The summed E-state index contributed by atoms with van der Waals surface area (Å²) in [6.07, 6.45) is 7.37. The largest absolute Gasteiger partial charge is 0.486 e. The van der Waals surface area contributed by atoms with Crippen LogP contribution in [-0.4, -0.2) is 28.8 Å². The van der Waals surface area contributed by atoms with Gasteiger partial charge in [0.25, 0.3) is 0 Å². The Morgan fingerprint density at radius 1 is 1.21 bits per heavy atom. The summed E-state index contributed by atoms with van der Waals surface area (Å²) in [7, 11) is 0. The minimum Gasteiger partial charge on any atom is -0.486 e. The molecule has 0 fully saturated rings. The fraction of sp³-hybridized carbons (Fsp3) is 0.231. The third kappa shape index (κ3) is 6.49. The van der Waals surface area contributed by atoms with E-state index < -0.39 is 5.97 Å². The van der Waals surface area contributed by atoms with Crippen LogP contribution in [0.25, 0.3) is 0 Å². The van der Waals surface area contributed by atoms with Crippen LogP contribution in [0.4, 0.5) is 5.69 Å². The van der Waals surface area contributed by atoms with Crippen LogP contribution in [0.5, 0.6) is 0 Å². The number of carboxylic acid groups (broad SMARTS) is 1. The fourth-order valence-electron chi connectivity index (χ4n) is 3.38. The Morgan fingerprint density at radius 2 is 1.94 bits per heavy atom. The molecule has 0 amide bonds. The molecule has 0 bridgehead atoms. The number of unbranched alkanes of at least 4 members (excludes halogenated alkanes) is 1. The van der Waals surface area contributed by atoms with E-state index in [9.17, 15) is 9.90 Å². The maximum atomic E-state index is 12.3. The molecule has 0 unspecified atom stereocenters. The van der Waals surface area contributed by atoms with Crippen molar-refractivity contribution in [2.24, 2.45) is 5.10 Å². The predicted octanol–water partition coefficient (Wildman–Crippen LogP) is 6.20. The van der Waals surface area contributed by atoms with Crippen molar-refractivity contribution in [1.29, 1.82) is 0 Å². The van der Waals surface area contributed by atoms with Crippen LogP contribution in [0.2, 0.25) is 5.02 Å². The fourth-order valence-corrected chi connectivity index (χ4v) is 3.50. The lowest BCUT2D eigenvalue weighted by Crippen LogP contribution is -2.33. The number of hydrogen-bond acceptors (Lipinski definition) is 5. The molecule has 0 aromatic heterocycles. The zero-order valence-electron chi connectivity index (χ0n) is 18.8. The van der Waals surface area contributed by atoms with Gasteiger partial charge in [0.05, 0.1) is 6.54 Å². The van der Waals surface area contributed by atoms with Crippen molar-refractivity contribution in [2.45, 2.75) is 33.3 Å². The first-order valence-electron chi connectivity index (χ1n) is 10.9. The standard InChI is InChI=1S/C26H28ClN3O3/c1-3-5-7-12-22-23(29-21-15-13-20(27)14-16-21)17-30(28-4-2)24(26(31)32)25(22)33-18-19-10-8-6-9-11-19/h4,6-16,29H,3,5,17-18H2,1-2H3,(H,31,32)/b12-7-,28-4-. The zero-order valence-corrected chi connectivity index (χ0v) is 19.5. The molecular weight excluding hydrogens is 438 g/mol. The summed E-state index contributed by atoms with van der Waals surface area (Å²) < 4.78 is 6.16. The van der Waals surface area contributed by atoms with Crippen molar-refractivity contribution in [2.75, 3.05) is 11.9 Å². The minimum atomic E-state index is -1.10. The topological polar surface area (TPSA) is 74.2 Å². The van der Waals surface area contributed by atoms with Crippen molar-refractivity contribution < 1.29 is 14.6 Å². The van der Waals surface area contributed by atoms with Gasteiger partial charge in [0, 0.05) is 28.2 Å². The number of nitrogens with one attached hydrogen (secondary N) is 1. The third-order valence-corrected chi connectivity index (χ3v) is 5.17. The molecule has 0 radical (unpaired) electrons. The number of carboxylic acids is 1. The number of carbonyl (C=O) groups is 1. The lowest BCUT2D eigenvalue weighted by Gasteiger charge is -2.31. The van der Waals surface area contributed by atoms with E-state index in [-0.39, 0.29) is 24.6 Å². The number of rotatable bonds is 10. The third-order valence-electron chi connectivity index (χ3n) is 4.91. The van der Waals surface area contributed by atoms with Crippen LogP contribution in [0.3, 0.4) is 0 Å². The molecule has 0 atom stereocenters. The molecule has 1 heterocycles. The molecule has 1 aliphatic heterocycles. The highest BCUT2D eigenvalue weighted by Gasteiger charge is 2.32. The van der Waals surface area contributed by atoms with E-state index in [1.54, 1.807) is 25.3 Å². The molecule has 7 heteroatoms. The molecule has 0 aliphatic carbocycles. The van der Waals surface area contributed by atoms with E-state index in [4.69, 9.17) is 16.3 Å². The van der Waals surface area contributed by atoms with Gasteiger partial charge in [0.2, 0.25) is 0 Å². The van der Waals surface area contributed by atoms with Gasteiger partial charge in [-0.2, -0.15) is 5.10 Å². The van der Waals surface area contributed by atoms with E-state index in [0.717, 1.165) is 29.8 Å². The summed E-state index contributed by atoms with van der Waals surface area (Å²) in [6.45, 7) is 4.32. The zero-order chi connectivity index (χ0) is 23.6. The predicted molar refractivity (Wildman–Crippen MR) is 133 cm³/mol. The second-order valence-corrected chi connectivity index (χ2v) is 7.84. The number of hydrazone groups is 1. The van der Waals surface area contributed by atoms with Crippen LogP contribution in [0.1, 0.15) is 32.3 Å². The Labute approximate surface area is 199 Å². The van der Waals surface area contributed by atoms with E-state index >= 15 is 0 Å². The van der Waals surface area contributed by atoms with Crippen molar-refractivity contribution in [1.82, 2.24) is 5.01 Å². The van der Waals surface area contributed by atoms with Gasteiger partial charge in [-0.15, -0.1) is 0 Å². The summed E-state index contributed by atoms with van der Waals surface area (Å²) in [5, 5.41) is 19.9. The first kappa shape index (κ1) is 24.1. The SMILES string of the molecule is C/C=N\N1CC(Nc2ccc(Cl)cc2)=C(/C=C\CCC)C(OCc2ccccc2)=C1C(=O)O. The van der Waals surface area contributed by atoms with Crippen molar-refractivity contribution in [3.63, 3.8) is 0 Å². The van der Waals surface area contributed by atoms with Crippen molar-refractivity contribution in [3.8, 4) is 0 Å². The normalized spacial score (nSPS) is 14.5. The number of halogens is 1. The van der Waals surface area contributed by atoms with Crippen LogP contribution in [-0.2, 0) is 16.1 Å². The Hall–Kier alpha value is -3.51. The van der Waals surface area contributed by atoms with Crippen LogP contribution >= 0.6 is 11.6 Å². The second-order valence-electron chi connectivity index (χ2n) is 7.40. The highest BCUT2D eigenvalue weighted by atomic mass is 35.5. The highest BCUT2D eigenvalue weighted by Crippen LogP contribution is 2.32. The first-order valence-corrected chi connectivity index (χ1v) is 11.2. The van der Waals surface area contributed by atoms with Gasteiger partial charge < -0.3 is 15.2 Å². The molecule has 6 nitrogen and oxygen atoms in total. The summed E-state index contributed by atoms with van der Waals surface area (Å²) in [5.74, 6) is -0.831. The molecule has 1 aliphatic rings. The van der Waals surface area contributed by atoms with Gasteiger partial charge in [0.15, 0.2) is 11.5 Å². The highest BCUT2D eigenvalue weighted by molar-refractivity contribution is 6.30. The molecule has 33 heavy (non-hydrogen) atoms. The molecule has 3 rings (SSSR count). The molecule has 2 aromatic carbocycles. The number of nitrogens with zero attached hydrogens (tertiary/aromatic N) is 2. The van der Waals surface area contributed by atoms with Crippen molar-refractivity contribution in [3.05, 3.63) is 100 Å². The lowest BCUT2D eigenvalue weighted by atomic mass is 10.0. The molecular formula is C26H28ClN3O3. The van der Waals surface area contributed by atoms with Gasteiger partial charge in [-0.1, -0.05) is 67.4 Å². The van der Waals surface area contributed by atoms with Crippen LogP contribution in [0, 0.1) is 0 Å². The van der Waals surface area contributed by atoms with Crippen LogP contribution in [0.15, 0.2) is 94.6 Å². The Balaban J connectivity index is 2.10. The molecule has 2 aromatic rings. The lowest BCUT2D eigenvalue weighted by molar-refractivity contribution is -0.134. The van der Waals surface area contributed by atoms with Gasteiger partial charge >= 0.3 is 5.97 Å². The van der Waals surface area contributed by atoms with Gasteiger partial charge in [-0.25, -0.2) is 9.80 Å². The molecule has 2 N–H and O–H groups in total. The number of anilines is 1. The van der Waals surface area contributed by atoms with Gasteiger partial charge in [-0.05, 0) is 43.2 Å². The number of allylic oxidation sites excluding steroid dienone is 2. The summed E-state index contributed by atoms with van der Waals surface area (Å²) >= 11 is 6.04. The second kappa shape index (κ2) is 11.9. The first-order chi connectivity index (χ1) is 16.0. The molecule has 0 spiro atoms. The van der Waals surface area contributed by atoms with Crippen LogP contribution < -0.4 is 5.32 Å². The number of hydrogen-bond donors (Lipinski definition) is 2. The van der Waals surface area contributed by atoms with E-state index in [0.29, 0.717) is 10.6 Å². The summed E-state index contributed by atoms with van der Waals surface area (Å²) in [6, 6.07) is 17.0. The minimum absolute atomic E-state index is 0.00170.